The Morgan fingerprint density at radius 2 is 1.68 bits per heavy atom. The maximum Gasteiger partial charge on any atom is 0.168 e. The molecule has 4 rings (SSSR count). The monoisotopic (exact) mass is 423 g/mol. The van der Waals surface area contributed by atoms with E-state index < -0.39 is 5.82 Å². The van der Waals surface area contributed by atoms with Crippen LogP contribution < -0.4 is 9.47 Å². The summed E-state index contributed by atoms with van der Waals surface area (Å²) in [6.07, 6.45) is 1.82. The maximum absolute atomic E-state index is 14.3. The summed E-state index contributed by atoms with van der Waals surface area (Å²) in [4.78, 5) is 2.32. The zero-order chi connectivity index (χ0) is 21.5. The van der Waals surface area contributed by atoms with Crippen LogP contribution in [0.2, 0.25) is 0 Å². The fraction of sp³-hybridized carbons (Fsp3) is 0.308. The fourth-order valence-electron chi connectivity index (χ4n) is 3.97. The molecule has 3 aromatic rings. The van der Waals surface area contributed by atoms with E-state index in [9.17, 15) is 8.78 Å². The topological polar surface area (TPSA) is 21.7 Å². The summed E-state index contributed by atoms with van der Waals surface area (Å²) in [5.41, 5.74) is 1.77. The van der Waals surface area contributed by atoms with Crippen LogP contribution in [0.25, 0.3) is 0 Å². The van der Waals surface area contributed by atoms with Gasteiger partial charge in [0.2, 0.25) is 0 Å². The van der Waals surface area contributed by atoms with E-state index in [1.807, 2.05) is 42.5 Å². The highest BCUT2D eigenvalue weighted by Gasteiger charge is 2.23. The molecule has 31 heavy (non-hydrogen) atoms. The second kappa shape index (κ2) is 10.4. The molecule has 3 nitrogen and oxygen atoms in total. The van der Waals surface area contributed by atoms with E-state index in [1.165, 1.54) is 12.1 Å². The van der Waals surface area contributed by atoms with E-state index in [2.05, 4.69) is 4.90 Å². The first-order valence-electron chi connectivity index (χ1n) is 10.7. The van der Waals surface area contributed by atoms with Crippen LogP contribution in [0.5, 0.6) is 11.5 Å². The van der Waals surface area contributed by atoms with Gasteiger partial charge in [-0.1, -0.05) is 48.5 Å². The van der Waals surface area contributed by atoms with Crippen LogP contribution in [0, 0.1) is 17.6 Å². The Hall–Kier alpha value is -2.92. The fourth-order valence-corrected chi connectivity index (χ4v) is 3.97. The predicted molar refractivity (Wildman–Crippen MR) is 117 cm³/mol. The minimum Gasteiger partial charge on any atom is -0.492 e. The lowest BCUT2D eigenvalue weighted by atomic mass is 9.98. The Bertz CT molecular complexity index is 980. The molecule has 0 spiro atoms. The van der Waals surface area contributed by atoms with Gasteiger partial charge in [-0.05, 0) is 54.6 Å². The number of hydrogen-bond acceptors (Lipinski definition) is 3. The van der Waals surface area contributed by atoms with Crippen LogP contribution in [0.4, 0.5) is 8.78 Å². The van der Waals surface area contributed by atoms with Crippen LogP contribution in [0.15, 0.2) is 72.8 Å². The van der Waals surface area contributed by atoms with Crippen molar-refractivity contribution in [1.29, 1.82) is 0 Å². The zero-order valence-corrected chi connectivity index (χ0v) is 17.5. The minimum atomic E-state index is -0.431. The molecule has 1 fully saturated rings. The summed E-state index contributed by atoms with van der Waals surface area (Å²) < 4.78 is 39.5. The van der Waals surface area contributed by atoms with Gasteiger partial charge in [-0.25, -0.2) is 8.78 Å². The second-order valence-corrected chi connectivity index (χ2v) is 7.97. The molecule has 0 aromatic heterocycles. The van der Waals surface area contributed by atoms with Crippen LogP contribution in [-0.2, 0) is 13.0 Å². The van der Waals surface area contributed by atoms with Crippen LogP contribution in [-0.4, -0.2) is 31.1 Å². The molecule has 3 aromatic carbocycles. The quantitative estimate of drug-likeness (QED) is 0.454. The average molecular weight is 424 g/mol. The van der Waals surface area contributed by atoms with Gasteiger partial charge in [0.05, 0.1) is 0 Å². The highest BCUT2D eigenvalue weighted by atomic mass is 19.1. The number of likely N-dealkylation sites (tertiary alicyclic amines) is 1. The number of benzene rings is 3. The van der Waals surface area contributed by atoms with Crippen LogP contribution in [0.1, 0.15) is 17.5 Å². The summed E-state index contributed by atoms with van der Waals surface area (Å²) in [6, 6.07) is 21.4. The largest absolute Gasteiger partial charge is 0.492 e. The van der Waals surface area contributed by atoms with Gasteiger partial charge in [-0.3, -0.25) is 4.90 Å². The Labute approximate surface area is 182 Å². The molecule has 5 heteroatoms. The van der Waals surface area contributed by atoms with E-state index in [4.69, 9.17) is 9.47 Å². The van der Waals surface area contributed by atoms with Crippen molar-refractivity contribution < 1.29 is 18.3 Å². The third-order valence-corrected chi connectivity index (χ3v) is 5.65. The minimum absolute atomic E-state index is 0.123. The summed E-state index contributed by atoms with van der Waals surface area (Å²) in [5.74, 6) is 0.607. The summed E-state index contributed by atoms with van der Waals surface area (Å²) in [7, 11) is 0. The van der Waals surface area contributed by atoms with Crippen LogP contribution in [0.3, 0.4) is 0 Å². The number of ether oxygens (including phenoxy) is 2. The van der Waals surface area contributed by atoms with Crippen molar-refractivity contribution >= 4 is 0 Å². The lowest BCUT2D eigenvalue weighted by Crippen LogP contribution is -2.26. The first-order valence-corrected chi connectivity index (χ1v) is 10.7. The van der Waals surface area contributed by atoms with Crippen molar-refractivity contribution in [3.8, 4) is 11.5 Å². The smallest absolute Gasteiger partial charge is 0.168 e. The zero-order valence-electron chi connectivity index (χ0n) is 17.5. The van der Waals surface area contributed by atoms with E-state index in [-0.39, 0.29) is 11.6 Å². The van der Waals surface area contributed by atoms with E-state index >= 15 is 0 Å². The molecular weight excluding hydrogens is 396 g/mol. The Morgan fingerprint density at radius 3 is 2.48 bits per heavy atom. The summed E-state index contributed by atoms with van der Waals surface area (Å²) >= 11 is 0. The predicted octanol–water partition coefficient (Wildman–Crippen LogP) is 5.49. The lowest BCUT2D eigenvalue weighted by Gasteiger charge is -2.17. The van der Waals surface area contributed by atoms with Gasteiger partial charge in [0.25, 0.3) is 0 Å². The Morgan fingerprint density at radius 1 is 0.871 bits per heavy atom. The van der Waals surface area contributed by atoms with E-state index in [0.29, 0.717) is 24.9 Å². The molecule has 0 amide bonds. The van der Waals surface area contributed by atoms with Crippen LogP contribution >= 0.6 is 0 Å². The molecule has 0 aliphatic carbocycles. The maximum atomic E-state index is 14.3. The van der Waals surface area contributed by atoms with Crippen molar-refractivity contribution in [2.24, 2.45) is 5.92 Å². The average Bonchev–Trinajstić information content (AvgIpc) is 3.23. The molecule has 1 atom stereocenters. The lowest BCUT2D eigenvalue weighted by molar-refractivity contribution is 0.231. The molecule has 0 saturated carbocycles. The van der Waals surface area contributed by atoms with Crippen molar-refractivity contribution in [3.63, 3.8) is 0 Å². The van der Waals surface area contributed by atoms with Gasteiger partial charge in [-0.2, -0.15) is 0 Å². The molecule has 0 radical (unpaired) electrons. The van der Waals surface area contributed by atoms with Gasteiger partial charge in [0.15, 0.2) is 11.6 Å². The second-order valence-electron chi connectivity index (χ2n) is 7.97. The third kappa shape index (κ3) is 6.05. The molecular formula is C26H27F2NO2. The van der Waals surface area contributed by atoms with Gasteiger partial charge < -0.3 is 9.47 Å². The van der Waals surface area contributed by atoms with Crippen molar-refractivity contribution in [3.05, 3.63) is 95.6 Å². The Kier molecular flexibility index (Phi) is 7.15. The van der Waals surface area contributed by atoms with Gasteiger partial charge in [0, 0.05) is 19.2 Å². The highest BCUT2D eigenvalue weighted by molar-refractivity contribution is 5.33. The van der Waals surface area contributed by atoms with E-state index in [0.717, 1.165) is 43.6 Å². The molecule has 0 N–H and O–H groups in total. The molecule has 1 aliphatic rings. The third-order valence-electron chi connectivity index (χ3n) is 5.65. The molecule has 1 heterocycles. The summed E-state index contributed by atoms with van der Waals surface area (Å²) in [5, 5.41) is 0. The standard InChI is InChI=1S/C26H27F2NO2/c27-24-9-5-4-8-22(24)16-21-12-13-29(18-21)14-15-30-23-10-11-26(25(28)17-23)31-19-20-6-2-1-3-7-20/h1-11,17,21H,12-16,18-19H2. The van der Waals surface area contributed by atoms with Crippen molar-refractivity contribution in [2.45, 2.75) is 19.4 Å². The van der Waals surface area contributed by atoms with E-state index in [1.54, 1.807) is 18.2 Å². The van der Waals surface area contributed by atoms with Gasteiger partial charge in [-0.15, -0.1) is 0 Å². The Balaban J connectivity index is 1.20. The molecule has 1 unspecified atom stereocenters. The van der Waals surface area contributed by atoms with Crippen molar-refractivity contribution in [1.82, 2.24) is 4.90 Å². The molecule has 1 saturated heterocycles. The first-order chi connectivity index (χ1) is 15.2. The van der Waals surface area contributed by atoms with Gasteiger partial charge >= 0.3 is 0 Å². The number of nitrogens with zero attached hydrogens (tertiary/aromatic N) is 1. The summed E-state index contributed by atoms with van der Waals surface area (Å²) in [6.45, 7) is 3.47. The molecule has 1 aliphatic heterocycles. The highest BCUT2D eigenvalue weighted by Crippen LogP contribution is 2.25. The number of halogens is 2. The normalized spacial score (nSPS) is 16.4. The van der Waals surface area contributed by atoms with Crippen molar-refractivity contribution in [2.75, 3.05) is 26.2 Å². The molecule has 162 valence electrons. The number of rotatable bonds is 9. The SMILES string of the molecule is Fc1ccccc1CC1CCN(CCOc2ccc(OCc3ccccc3)c(F)c2)C1. The van der Waals surface area contributed by atoms with Gasteiger partial charge in [0.1, 0.15) is 24.8 Å². The number of hydrogen-bond donors (Lipinski definition) is 0. The first kappa shape index (κ1) is 21.3. The molecule has 0 bridgehead atoms.